The lowest BCUT2D eigenvalue weighted by Gasteiger charge is -2.20. The second-order valence-electron chi connectivity index (χ2n) is 9.37. The number of carbonyl (C=O) groups excluding carboxylic acids is 1. The third kappa shape index (κ3) is 5.07. The summed E-state index contributed by atoms with van der Waals surface area (Å²) in [4.78, 5) is 19.2. The summed E-state index contributed by atoms with van der Waals surface area (Å²) in [6.45, 7) is 5.80. The first-order valence-corrected chi connectivity index (χ1v) is 11.6. The summed E-state index contributed by atoms with van der Waals surface area (Å²) in [5.74, 6) is 1.80. The fraction of sp³-hybridized carbons (Fsp3) is 0.423. The van der Waals surface area contributed by atoms with Crippen molar-refractivity contribution in [3.63, 3.8) is 0 Å². The summed E-state index contributed by atoms with van der Waals surface area (Å²) in [5, 5.41) is 7.24. The Labute approximate surface area is 189 Å². The molecule has 2 fully saturated rings. The maximum atomic E-state index is 12.2. The van der Waals surface area contributed by atoms with Gasteiger partial charge >= 0.3 is 0 Å². The van der Waals surface area contributed by atoms with Gasteiger partial charge in [-0.2, -0.15) is 4.98 Å². The van der Waals surface area contributed by atoms with E-state index in [-0.39, 0.29) is 5.91 Å². The summed E-state index contributed by atoms with van der Waals surface area (Å²) >= 11 is 0. The van der Waals surface area contributed by atoms with Crippen LogP contribution in [0.25, 0.3) is 11.4 Å². The van der Waals surface area contributed by atoms with Crippen LogP contribution in [0.15, 0.2) is 53.1 Å². The highest BCUT2D eigenvalue weighted by molar-refractivity contribution is 5.94. The SMILES string of the molecule is CC(C)c1ccc(-c2noc(CN(Cc3ccc(C(=O)NC4CC4)cc3)C3CC3)n2)cc1. The molecule has 1 heterocycles. The van der Waals surface area contributed by atoms with Gasteiger partial charge in [0.25, 0.3) is 5.91 Å². The van der Waals surface area contributed by atoms with Crippen LogP contribution in [-0.2, 0) is 13.1 Å². The van der Waals surface area contributed by atoms with Crippen LogP contribution >= 0.6 is 0 Å². The van der Waals surface area contributed by atoms with Crippen molar-refractivity contribution in [2.75, 3.05) is 0 Å². The first kappa shape index (κ1) is 20.9. The molecule has 3 aromatic rings. The highest BCUT2D eigenvalue weighted by Crippen LogP contribution is 2.30. The molecule has 6 heteroatoms. The van der Waals surface area contributed by atoms with Gasteiger partial charge in [0.1, 0.15) is 0 Å². The zero-order valence-electron chi connectivity index (χ0n) is 18.8. The number of nitrogens with zero attached hydrogens (tertiary/aromatic N) is 3. The van der Waals surface area contributed by atoms with Crippen molar-refractivity contribution in [1.29, 1.82) is 0 Å². The van der Waals surface area contributed by atoms with Gasteiger partial charge in [-0.15, -0.1) is 0 Å². The summed E-state index contributed by atoms with van der Waals surface area (Å²) in [5.41, 5.74) is 4.18. The average molecular weight is 431 g/mol. The van der Waals surface area contributed by atoms with Crippen LogP contribution in [0, 0.1) is 0 Å². The van der Waals surface area contributed by atoms with Crippen molar-refractivity contribution in [2.45, 2.75) is 70.6 Å². The average Bonchev–Trinajstić information content (AvgIpc) is 3.73. The third-order valence-electron chi connectivity index (χ3n) is 6.22. The molecule has 1 amide bonds. The van der Waals surface area contributed by atoms with Crippen LogP contribution < -0.4 is 5.32 Å². The zero-order valence-corrected chi connectivity index (χ0v) is 18.8. The normalized spacial score (nSPS) is 16.0. The van der Waals surface area contributed by atoms with Crippen LogP contribution in [0.5, 0.6) is 0 Å². The largest absolute Gasteiger partial charge is 0.349 e. The molecule has 1 aromatic heterocycles. The van der Waals surface area contributed by atoms with E-state index in [4.69, 9.17) is 4.52 Å². The molecule has 5 rings (SSSR count). The summed E-state index contributed by atoms with van der Waals surface area (Å²) in [6, 6.07) is 17.2. The van der Waals surface area contributed by atoms with Crippen molar-refractivity contribution in [3.05, 3.63) is 71.1 Å². The quantitative estimate of drug-likeness (QED) is 0.522. The lowest BCUT2D eigenvalue weighted by molar-refractivity contribution is 0.0951. The second kappa shape index (κ2) is 8.87. The van der Waals surface area contributed by atoms with Crippen molar-refractivity contribution < 1.29 is 9.32 Å². The molecule has 0 spiro atoms. The Hall–Kier alpha value is -2.99. The first-order valence-electron chi connectivity index (χ1n) is 11.6. The molecule has 0 atom stereocenters. The number of rotatable bonds is 9. The highest BCUT2D eigenvalue weighted by atomic mass is 16.5. The smallest absolute Gasteiger partial charge is 0.251 e. The van der Waals surface area contributed by atoms with Gasteiger partial charge in [-0.25, -0.2) is 0 Å². The topological polar surface area (TPSA) is 71.3 Å². The van der Waals surface area contributed by atoms with E-state index in [9.17, 15) is 4.79 Å². The van der Waals surface area contributed by atoms with Gasteiger partial charge in [-0.1, -0.05) is 55.4 Å². The van der Waals surface area contributed by atoms with Gasteiger partial charge in [-0.05, 0) is 54.9 Å². The fourth-order valence-corrected chi connectivity index (χ4v) is 3.87. The number of hydrogen-bond acceptors (Lipinski definition) is 5. The van der Waals surface area contributed by atoms with Gasteiger partial charge < -0.3 is 9.84 Å². The lowest BCUT2D eigenvalue weighted by atomic mass is 10.0. The molecule has 2 aromatic carbocycles. The Morgan fingerprint density at radius 3 is 2.38 bits per heavy atom. The maximum Gasteiger partial charge on any atom is 0.251 e. The molecular weight excluding hydrogens is 400 g/mol. The van der Waals surface area contributed by atoms with E-state index < -0.39 is 0 Å². The zero-order chi connectivity index (χ0) is 22.1. The van der Waals surface area contributed by atoms with Crippen molar-refractivity contribution >= 4 is 5.91 Å². The molecule has 6 nitrogen and oxygen atoms in total. The van der Waals surface area contributed by atoms with Gasteiger partial charge in [-0.3, -0.25) is 9.69 Å². The predicted octanol–water partition coefficient (Wildman–Crippen LogP) is 4.92. The van der Waals surface area contributed by atoms with Gasteiger partial charge in [0.2, 0.25) is 11.7 Å². The Bertz CT molecular complexity index is 1060. The second-order valence-corrected chi connectivity index (χ2v) is 9.37. The minimum atomic E-state index is 0.0258. The van der Waals surface area contributed by atoms with E-state index in [1.807, 2.05) is 24.3 Å². The minimum absolute atomic E-state index is 0.0258. The molecule has 166 valence electrons. The van der Waals surface area contributed by atoms with E-state index in [0.717, 1.165) is 30.5 Å². The molecule has 0 bridgehead atoms. The number of aromatic nitrogens is 2. The van der Waals surface area contributed by atoms with E-state index in [1.165, 1.54) is 24.0 Å². The van der Waals surface area contributed by atoms with Crippen LogP contribution in [0.2, 0.25) is 0 Å². The predicted molar refractivity (Wildman–Crippen MR) is 123 cm³/mol. The molecule has 0 unspecified atom stereocenters. The number of nitrogens with one attached hydrogen (secondary N) is 1. The van der Waals surface area contributed by atoms with E-state index in [2.05, 4.69) is 58.5 Å². The Morgan fingerprint density at radius 2 is 1.75 bits per heavy atom. The monoisotopic (exact) mass is 430 g/mol. The number of hydrogen-bond donors (Lipinski definition) is 1. The molecule has 0 saturated heterocycles. The van der Waals surface area contributed by atoms with Gasteiger partial charge in [0.05, 0.1) is 6.54 Å². The van der Waals surface area contributed by atoms with E-state index in [0.29, 0.717) is 36.3 Å². The molecule has 2 aliphatic rings. The summed E-state index contributed by atoms with van der Waals surface area (Å²) < 4.78 is 5.58. The summed E-state index contributed by atoms with van der Waals surface area (Å²) in [7, 11) is 0. The van der Waals surface area contributed by atoms with Crippen LogP contribution in [0.1, 0.15) is 72.8 Å². The van der Waals surface area contributed by atoms with Gasteiger partial charge in [0.15, 0.2) is 0 Å². The maximum absolute atomic E-state index is 12.2. The standard InChI is InChI=1S/C26H30N4O2/c1-17(2)19-7-9-20(10-8-19)25-28-24(32-29-25)16-30(23-13-14-23)15-18-3-5-21(6-4-18)26(31)27-22-11-12-22/h3-10,17,22-23H,11-16H2,1-2H3,(H,27,31). The Kier molecular flexibility index (Phi) is 5.79. The Morgan fingerprint density at radius 1 is 1.03 bits per heavy atom. The number of amides is 1. The molecule has 2 aliphatic carbocycles. The number of benzene rings is 2. The van der Waals surface area contributed by atoms with Gasteiger partial charge in [0, 0.05) is 29.8 Å². The summed E-state index contributed by atoms with van der Waals surface area (Å²) in [6.07, 6.45) is 4.58. The highest BCUT2D eigenvalue weighted by Gasteiger charge is 2.30. The molecule has 2 saturated carbocycles. The number of carbonyl (C=O) groups is 1. The Balaban J connectivity index is 1.23. The molecule has 0 radical (unpaired) electrons. The fourth-order valence-electron chi connectivity index (χ4n) is 3.87. The minimum Gasteiger partial charge on any atom is -0.349 e. The molecular formula is C26H30N4O2. The van der Waals surface area contributed by atoms with E-state index >= 15 is 0 Å². The lowest BCUT2D eigenvalue weighted by Crippen LogP contribution is -2.26. The molecule has 0 aliphatic heterocycles. The van der Waals surface area contributed by atoms with Crippen LogP contribution in [0.3, 0.4) is 0 Å². The first-order chi connectivity index (χ1) is 15.5. The van der Waals surface area contributed by atoms with Crippen molar-refractivity contribution in [1.82, 2.24) is 20.4 Å². The van der Waals surface area contributed by atoms with Crippen LogP contribution in [0.4, 0.5) is 0 Å². The van der Waals surface area contributed by atoms with Crippen LogP contribution in [-0.4, -0.2) is 33.0 Å². The van der Waals surface area contributed by atoms with Crippen molar-refractivity contribution in [2.24, 2.45) is 0 Å². The molecule has 1 N–H and O–H groups in total. The third-order valence-corrected chi connectivity index (χ3v) is 6.22. The van der Waals surface area contributed by atoms with Crippen molar-refractivity contribution in [3.8, 4) is 11.4 Å². The molecule has 32 heavy (non-hydrogen) atoms. The van der Waals surface area contributed by atoms with E-state index in [1.54, 1.807) is 0 Å².